The van der Waals surface area contributed by atoms with E-state index in [2.05, 4.69) is 10.6 Å². The van der Waals surface area contributed by atoms with Crippen LogP contribution in [-0.4, -0.2) is 12.5 Å². The zero-order chi connectivity index (χ0) is 16.1. The molecule has 2 N–H and O–H groups in total. The van der Waals surface area contributed by atoms with Crippen molar-refractivity contribution in [1.29, 1.82) is 0 Å². The SMILES string of the molecule is Cc1c(Cl)cccc1NC(=O)CN[C@H](C)c1ccc(Cl)cc1. The van der Waals surface area contributed by atoms with E-state index in [0.717, 1.165) is 16.8 Å². The van der Waals surface area contributed by atoms with E-state index in [1.54, 1.807) is 6.07 Å². The first kappa shape index (κ1) is 16.8. The first-order chi connectivity index (χ1) is 10.5. The molecule has 116 valence electrons. The van der Waals surface area contributed by atoms with Crippen molar-refractivity contribution in [3.05, 3.63) is 63.6 Å². The van der Waals surface area contributed by atoms with E-state index in [0.29, 0.717) is 10.0 Å². The van der Waals surface area contributed by atoms with E-state index in [1.165, 1.54) is 0 Å². The third-order valence-corrected chi connectivity index (χ3v) is 4.14. The van der Waals surface area contributed by atoms with Crippen molar-refractivity contribution in [2.45, 2.75) is 19.9 Å². The lowest BCUT2D eigenvalue weighted by Crippen LogP contribution is -2.30. The molecule has 0 radical (unpaired) electrons. The minimum atomic E-state index is -0.105. The van der Waals surface area contributed by atoms with Gasteiger partial charge in [0.25, 0.3) is 0 Å². The summed E-state index contributed by atoms with van der Waals surface area (Å²) in [5.74, 6) is -0.105. The molecule has 0 fully saturated rings. The summed E-state index contributed by atoms with van der Waals surface area (Å²) < 4.78 is 0. The Morgan fingerprint density at radius 3 is 2.50 bits per heavy atom. The Kier molecular flexibility index (Phi) is 5.83. The number of carbonyl (C=O) groups excluding carboxylic acids is 1. The highest BCUT2D eigenvalue weighted by molar-refractivity contribution is 6.31. The molecule has 5 heteroatoms. The number of hydrogen-bond acceptors (Lipinski definition) is 2. The summed E-state index contributed by atoms with van der Waals surface area (Å²) >= 11 is 11.9. The van der Waals surface area contributed by atoms with E-state index in [4.69, 9.17) is 23.2 Å². The molecule has 0 heterocycles. The highest BCUT2D eigenvalue weighted by atomic mass is 35.5. The summed E-state index contributed by atoms with van der Waals surface area (Å²) in [4.78, 5) is 12.0. The lowest BCUT2D eigenvalue weighted by Gasteiger charge is -2.15. The third-order valence-electron chi connectivity index (χ3n) is 3.48. The summed E-state index contributed by atoms with van der Waals surface area (Å²) in [7, 11) is 0. The van der Waals surface area contributed by atoms with Crippen LogP contribution in [0.5, 0.6) is 0 Å². The number of rotatable bonds is 5. The first-order valence-electron chi connectivity index (χ1n) is 7.01. The van der Waals surface area contributed by atoms with Gasteiger partial charge in [0.2, 0.25) is 5.91 Å². The monoisotopic (exact) mass is 336 g/mol. The largest absolute Gasteiger partial charge is 0.325 e. The fourth-order valence-corrected chi connectivity index (χ4v) is 2.35. The van der Waals surface area contributed by atoms with Crippen molar-refractivity contribution in [1.82, 2.24) is 5.32 Å². The van der Waals surface area contributed by atoms with Gasteiger partial charge in [-0.2, -0.15) is 0 Å². The Hall–Kier alpha value is -1.55. The van der Waals surface area contributed by atoms with Gasteiger partial charge in [0.15, 0.2) is 0 Å². The maximum atomic E-state index is 12.0. The fourth-order valence-electron chi connectivity index (χ4n) is 2.05. The molecule has 0 aliphatic rings. The first-order valence-corrected chi connectivity index (χ1v) is 7.77. The molecule has 22 heavy (non-hydrogen) atoms. The average Bonchev–Trinajstić information content (AvgIpc) is 2.50. The molecule has 0 unspecified atom stereocenters. The molecule has 0 bridgehead atoms. The normalized spacial score (nSPS) is 12.0. The van der Waals surface area contributed by atoms with Gasteiger partial charge in [0.1, 0.15) is 0 Å². The molecular weight excluding hydrogens is 319 g/mol. The second-order valence-electron chi connectivity index (χ2n) is 5.11. The van der Waals surface area contributed by atoms with Crippen molar-refractivity contribution in [3.63, 3.8) is 0 Å². The summed E-state index contributed by atoms with van der Waals surface area (Å²) in [5.41, 5.74) is 2.68. The molecule has 2 aromatic rings. The number of carbonyl (C=O) groups is 1. The molecule has 0 aliphatic heterocycles. The molecule has 0 aromatic heterocycles. The smallest absolute Gasteiger partial charge is 0.238 e. The van der Waals surface area contributed by atoms with Gasteiger partial charge in [-0.1, -0.05) is 41.4 Å². The van der Waals surface area contributed by atoms with E-state index in [9.17, 15) is 4.79 Å². The number of benzene rings is 2. The number of amides is 1. The van der Waals surface area contributed by atoms with Crippen molar-refractivity contribution in [2.75, 3.05) is 11.9 Å². The molecule has 0 spiro atoms. The number of halogens is 2. The van der Waals surface area contributed by atoms with Crippen LogP contribution in [0.3, 0.4) is 0 Å². The van der Waals surface area contributed by atoms with Gasteiger partial charge in [-0.05, 0) is 49.2 Å². The summed E-state index contributed by atoms with van der Waals surface area (Å²) in [5, 5.41) is 7.38. The van der Waals surface area contributed by atoms with Crippen LogP contribution in [0, 0.1) is 6.92 Å². The van der Waals surface area contributed by atoms with Gasteiger partial charge in [0.05, 0.1) is 6.54 Å². The van der Waals surface area contributed by atoms with E-state index in [-0.39, 0.29) is 18.5 Å². The molecule has 3 nitrogen and oxygen atoms in total. The zero-order valence-corrected chi connectivity index (χ0v) is 14.0. The lowest BCUT2D eigenvalue weighted by molar-refractivity contribution is -0.115. The summed E-state index contributed by atoms with van der Waals surface area (Å²) in [6.07, 6.45) is 0. The summed E-state index contributed by atoms with van der Waals surface area (Å²) in [6.45, 7) is 4.10. The van der Waals surface area contributed by atoms with Gasteiger partial charge in [-0.25, -0.2) is 0 Å². The molecule has 0 saturated heterocycles. The maximum Gasteiger partial charge on any atom is 0.238 e. The second kappa shape index (κ2) is 7.63. The Balaban J connectivity index is 1.90. The molecule has 2 aromatic carbocycles. The molecule has 0 saturated carbocycles. The third kappa shape index (κ3) is 4.47. The van der Waals surface area contributed by atoms with Crippen LogP contribution in [-0.2, 0) is 4.79 Å². The number of nitrogens with one attached hydrogen (secondary N) is 2. The molecule has 1 amide bonds. The Morgan fingerprint density at radius 1 is 1.14 bits per heavy atom. The minimum absolute atomic E-state index is 0.0588. The lowest BCUT2D eigenvalue weighted by atomic mass is 10.1. The van der Waals surface area contributed by atoms with E-state index >= 15 is 0 Å². The molecule has 1 atom stereocenters. The van der Waals surface area contributed by atoms with Gasteiger partial charge in [-0.15, -0.1) is 0 Å². The minimum Gasteiger partial charge on any atom is -0.325 e. The summed E-state index contributed by atoms with van der Waals surface area (Å²) in [6, 6.07) is 13.1. The number of anilines is 1. The van der Waals surface area contributed by atoms with E-state index < -0.39 is 0 Å². The highest BCUT2D eigenvalue weighted by Gasteiger charge is 2.09. The predicted octanol–water partition coefficient (Wildman–Crippen LogP) is 4.59. The van der Waals surface area contributed by atoms with Crippen LogP contribution >= 0.6 is 23.2 Å². The zero-order valence-electron chi connectivity index (χ0n) is 12.5. The van der Waals surface area contributed by atoms with Crippen LogP contribution in [0.1, 0.15) is 24.1 Å². The average molecular weight is 337 g/mol. The van der Waals surface area contributed by atoms with Crippen molar-refractivity contribution in [2.24, 2.45) is 0 Å². The fraction of sp³-hybridized carbons (Fsp3) is 0.235. The molecular formula is C17H18Cl2N2O. The Bertz CT molecular complexity index is 656. The van der Waals surface area contributed by atoms with Crippen molar-refractivity contribution in [3.8, 4) is 0 Å². The second-order valence-corrected chi connectivity index (χ2v) is 5.96. The van der Waals surface area contributed by atoms with Crippen LogP contribution < -0.4 is 10.6 Å². The number of hydrogen-bond donors (Lipinski definition) is 2. The van der Waals surface area contributed by atoms with Gasteiger partial charge in [0, 0.05) is 21.8 Å². The van der Waals surface area contributed by atoms with E-state index in [1.807, 2.05) is 50.2 Å². The molecule has 0 aliphatic carbocycles. The van der Waals surface area contributed by atoms with Crippen molar-refractivity contribution < 1.29 is 4.79 Å². The maximum absolute atomic E-state index is 12.0. The Labute approximate surface area is 140 Å². The van der Waals surface area contributed by atoms with Gasteiger partial charge >= 0.3 is 0 Å². The van der Waals surface area contributed by atoms with Gasteiger partial charge in [-0.3, -0.25) is 4.79 Å². The highest BCUT2D eigenvalue weighted by Crippen LogP contribution is 2.22. The topological polar surface area (TPSA) is 41.1 Å². The molecule has 2 rings (SSSR count). The van der Waals surface area contributed by atoms with Gasteiger partial charge < -0.3 is 10.6 Å². The van der Waals surface area contributed by atoms with Crippen LogP contribution in [0.25, 0.3) is 0 Å². The predicted molar refractivity (Wildman–Crippen MR) is 92.7 cm³/mol. The van der Waals surface area contributed by atoms with Crippen LogP contribution in [0.2, 0.25) is 10.0 Å². The van der Waals surface area contributed by atoms with Crippen molar-refractivity contribution >= 4 is 34.8 Å². The Morgan fingerprint density at radius 2 is 1.82 bits per heavy atom. The van der Waals surface area contributed by atoms with Crippen LogP contribution in [0.15, 0.2) is 42.5 Å². The van der Waals surface area contributed by atoms with Crippen LogP contribution in [0.4, 0.5) is 5.69 Å². The quantitative estimate of drug-likeness (QED) is 0.838. The standard InChI is InChI=1S/C17H18Cl2N2O/c1-11-15(19)4-3-5-16(11)21-17(22)10-20-12(2)13-6-8-14(18)9-7-13/h3-9,12,20H,10H2,1-2H3,(H,21,22)/t12-/m1/s1.